The molecule has 122 valence electrons. The Kier molecular flexibility index (Phi) is 4.57. The van der Waals surface area contributed by atoms with Gasteiger partial charge in [-0.05, 0) is 12.1 Å². The van der Waals surface area contributed by atoms with Gasteiger partial charge in [0.2, 0.25) is 10.0 Å². The zero-order chi connectivity index (χ0) is 16.5. The summed E-state index contributed by atoms with van der Waals surface area (Å²) >= 11 is 0. The molecule has 0 aromatic heterocycles. The Morgan fingerprint density at radius 1 is 1.23 bits per heavy atom. The van der Waals surface area contributed by atoms with E-state index in [2.05, 4.69) is 0 Å². The average molecular weight is 349 g/mol. The average Bonchev–Trinajstić information content (AvgIpc) is 2.69. The summed E-state index contributed by atoms with van der Waals surface area (Å²) in [5.41, 5.74) is 0. The second-order valence-electron chi connectivity index (χ2n) is 4.97. The topological polar surface area (TPSA) is 129 Å². The van der Waals surface area contributed by atoms with Crippen molar-refractivity contribution in [3.63, 3.8) is 0 Å². The van der Waals surface area contributed by atoms with E-state index in [0.717, 1.165) is 0 Å². The molecule has 2 rings (SSSR count). The predicted octanol–water partition coefficient (Wildman–Crippen LogP) is -1.08. The van der Waals surface area contributed by atoms with Crippen LogP contribution in [0.3, 0.4) is 0 Å². The minimum atomic E-state index is -4.23. The molecule has 1 aromatic rings. The summed E-state index contributed by atoms with van der Waals surface area (Å²) in [6, 6.07) is 5.77. The van der Waals surface area contributed by atoms with Crippen molar-refractivity contribution in [1.82, 2.24) is 4.31 Å². The Labute approximate surface area is 128 Å². The largest absolute Gasteiger partial charge is 0.480 e. The maximum Gasteiger partial charge on any atom is 0.318 e. The lowest BCUT2D eigenvalue weighted by molar-refractivity contribution is -0.137. The van der Waals surface area contributed by atoms with E-state index in [9.17, 15) is 26.7 Å². The summed E-state index contributed by atoms with van der Waals surface area (Å²) in [6.45, 7) is -0.922. The molecule has 0 amide bonds. The zero-order valence-corrected chi connectivity index (χ0v) is 13.0. The summed E-state index contributed by atoms with van der Waals surface area (Å²) in [6.07, 6.45) is -1.46. The van der Waals surface area contributed by atoms with Gasteiger partial charge in [-0.15, -0.1) is 0 Å². The highest BCUT2D eigenvalue weighted by molar-refractivity contribution is 7.92. The number of hydrogen-bond donors (Lipinski definition) is 2. The lowest BCUT2D eigenvalue weighted by Crippen LogP contribution is -2.48. The lowest BCUT2D eigenvalue weighted by Gasteiger charge is -2.27. The number of carbonyl (C=O) groups is 1. The van der Waals surface area contributed by atoms with Crippen LogP contribution in [0, 0.1) is 0 Å². The quantitative estimate of drug-likeness (QED) is 0.691. The second kappa shape index (κ2) is 5.95. The van der Waals surface area contributed by atoms with Gasteiger partial charge in [0.25, 0.3) is 0 Å². The lowest BCUT2D eigenvalue weighted by atomic mass is 10.2. The van der Waals surface area contributed by atoms with Crippen LogP contribution in [0.15, 0.2) is 35.2 Å². The molecule has 0 aliphatic carbocycles. The van der Waals surface area contributed by atoms with Gasteiger partial charge in [0.05, 0.1) is 28.5 Å². The highest BCUT2D eigenvalue weighted by Gasteiger charge is 2.45. The van der Waals surface area contributed by atoms with Crippen molar-refractivity contribution in [1.29, 1.82) is 0 Å². The summed E-state index contributed by atoms with van der Waals surface area (Å²) in [7, 11) is -7.85. The number of aliphatic carboxylic acids is 1. The fourth-order valence-corrected chi connectivity index (χ4v) is 5.85. The van der Waals surface area contributed by atoms with Crippen molar-refractivity contribution in [3.8, 4) is 0 Å². The van der Waals surface area contributed by atoms with Crippen molar-refractivity contribution < 1.29 is 31.8 Å². The molecule has 0 bridgehead atoms. The van der Waals surface area contributed by atoms with E-state index in [1.807, 2.05) is 0 Å². The highest BCUT2D eigenvalue weighted by Crippen LogP contribution is 2.25. The Bertz CT molecular complexity index is 758. The molecule has 8 nitrogen and oxygen atoms in total. The Hall–Kier alpha value is -1.49. The second-order valence-corrected chi connectivity index (χ2v) is 9.01. The van der Waals surface area contributed by atoms with Crippen LogP contribution in [0.4, 0.5) is 0 Å². The number of carboxylic acid groups (broad SMARTS) is 1. The fourth-order valence-electron chi connectivity index (χ4n) is 2.33. The Balaban J connectivity index is 2.45. The number of aliphatic hydroxyl groups is 1. The van der Waals surface area contributed by atoms with Crippen molar-refractivity contribution >= 4 is 25.8 Å². The van der Waals surface area contributed by atoms with Crippen LogP contribution >= 0.6 is 0 Å². The first-order chi connectivity index (χ1) is 10.1. The van der Waals surface area contributed by atoms with Gasteiger partial charge >= 0.3 is 5.97 Å². The van der Waals surface area contributed by atoms with Crippen molar-refractivity contribution in [2.75, 3.05) is 18.1 Å². The molecule has 1 aliphatic rings. The smallest absolute Gasteiger partial charge is 0.318 e. The van der Waals surface area contributed by atoms with Gasteiger partial charge in [-0.1, -0.05) is 18.2 Å². The molecule has 1 aliphatic heterocycles. The normalized spacial score (nSPS) is 24.5. The maximum atomic E-state index is 12.6. The van der Waals surface area contributed by atoms with E-state index in [1.54, 1.807) is 6.07 Å². The summed E-state index contributed by atoms with van der Waals surface area (Å²) in [4.78, 5) is 10.8. The first-order valence-corrected chi connectivity index (χ1v) is 9.57. The molecule has 2 atom stereocenters. The third kappa shape index (κ3) is 3.46. The Morgan fingerprint density at radius 3 is 2.27 bits per heavy atom. The first kappa shape index (κ1) is 16.9. The molecular formula is C12H15NO7S2. The molecule has 1 fully saturated rings. The first-order valence-electron chi connectivity index (χ1n) is 6.31. The molecule has 22 heavy (non-hydrogen) atoms. The predicted molar refractivity (Wildman–Crippen MR) is 76.4 cm³/mol. The molecule has 1 heterocycles. The van der Waals surface area contributed by atoms with E-state index in [4.69, 9.17) is 5.11 Å². The van der Waals surface area contributed by atoms with E-state index in [1.165, 1.54) is 24.3 Å². The van der Waals surface area contributed by atoms with Crippen LogP contribution in [-0.2, 0) is 24.7 Å². The van der Waals surface area contributed by atoms with Crippen molar-refractivity contribution in [2.45, 2.75) is 17.0 Å². The summed E-state index contributed by atoms with van der Waals surface area (Å²) < 4.78 is 48.8. The standard InChI is InChI=1S/C12H15NO7S2/c14-11-8-21(17,18)7-10(11)13(6-12(15)16)22(19,20)9-4-2-1-3-5-9/h1-5,10-11,14H,6-8H2,(H,15,16)/t10-,11-/m1/s1. The van der Waals surface area contributed by atoms with Crippen LogP contribution in [0.2, 0.25) is 0 Å². The number of rotatable bonds is 5. The van der Waals surface area contributed by atoms with E-state index in [-0.39, 0.29) is 4.90 Å². The molecule has 0 saturated carbocycles. The van der Waals surface area contributed by atoms with Crippen LogP contribution in [-0.4, -0.2) is 67.5 Å². The number of aliphatic hydroxyl groups excluding tert-OH is 1. The molecule has 1 aromatic carbocycles. The molecule has 0 spiro atoms. The number of sulfonamides is 1. The third-order valence-corrected chi connectivity index (χ3v) is 6.89. The van der Waals surface area contributed by atoms with Crippen molar-refractivity contribution in [2.24, 2.45) is 0 Å². The highest BCUT2D eigenvalue weighted by atomic mass is 32.2. The number of sulfone groups is 1. The molecule has 0 radical (unpaired) electrons. The fraction of sp³-hybridized carbons (Fsp3) is 0.417. The zero-order valence-electron chi connectivity index (χ0n) is 11.4. The van der Waals surface area contributed by atoms with Gasteiger partial charge < -0.3 is 10.2 Å². The minimum Gasteiger partial charge on any atom is -0.480 e. The molecule has 10 heteroatoms. The minimum absolute atomic E-state index is 0.159. The number of carboxylic acids is 1. The van der Waals surface area contributed by atoms with Gasteiger partial charge in [0.15, 0.2) is 9.84 Å². The van der Waals surface area contributed by atoms with Crippen molar-refractivity contribution in [3.05, 3.63) is 30.3 Å². The van der Waals surface area contributed by atoms with Gasteiger partial charge in [0.1, 0.15) is 6.54 Å². The number of benzene rings is 1. The van der Waals surface area contributed by atoms with Gasteiger partial charge in [-0.25, -0.2) is 16.8 Å². The third-order valence-electron chi connectivity index (χ3n) is 3.30. The molecule has 1 saturated heterocycles. The van der Waals surface area contributed by atoms with E-state index < -0.39 is 56.0 Å². The van der Waals surface area contributed by atoms with Gasteiger partial charge in [-0.2, -0.15) is 4.31 Å². The number of nitrogens with zero attached hydrogens (tertiary/aromatic N) is 1. The van der Waals surface area contributed by atoms with E-state index >= 15 is 0 Å². The van der Waals surface area contributed by atoms with Gasteiger partial charge in [-0.3, -0.25) is 4.79 Å². The van der Waals surface area contributed by atoms with E-state index in [0.29, 0.717) is 4.31 Å². The van der Waals surface area contributed by atoms with Gasteiger partial charge in [0, 0.05) is 0 Å². The van der Waals surface area contributed by atoms with Crippen LogP contribution in [0.25, 0.3) is 0 Å². The van der Waals surface area contributed by atoms with Crippen LogP contribution < -0.4 is 0 Å². The molecular weight excluding hydrogens is 334 g/mol. The SMILES string of the molecule is O=C(O)CN([C@@H]1CS(=O)(=O)C[C@H]1O)S(=O)(=O)c1ccccc1. The number of hydrogen-bond acceptors (Lipinski definition) is 6. The maximum absolute atomic E-state index is 12.6. The van der Waals surface area contributed by atoms with Crippen LogP contribution in [0.5, 0.6) is 0 Å². The molecule has 2 N–H and O–H groups in total. The summed E-state index contributed by atoms with van der Waals surface area (Å²) in [5.74, 6) is -2.62. The monoisotopic (exact) mass is 349 g/mol. The molecule has 0 unspecified atom stereocenters. The Morgan fingerprint density at radius 2 is 1.82 bits per heavy atom. The van der Waals surface area contributed by atoms with Crippen LogP contribution in [0.1, 0.15) is 0 Å². The summed E-state index contributed by atoms with van der Waals surface area (Å²) in [5, 5.41) is 18.8.